The standard InChI is InChI=1S/C19H14Cl2N2O5S2/c20-13-7-14(21)9-15(8-13)23-18(24)17(11-4-2-1-3-5-11)28-19(25)12-6-16(29-10-12)30(22,26)27/h1-10,17H,(H,23,24)(H2,22,26,27). The molecule has 11 heteroatoms. The number of primary sulfonamides is 1. The number of nitrogens with one attached hydrogen (secondary N) is 1. The molecule has 1 amide bonds. The average molecular weight is 485 g/mol. The van der Waals surface area contributed by atoms with Crippen molar-refractivity contribution in [2.24, 2.45) is 5.14 Å². The van der Waals surface area contributed by atoms with E-state index in [0.29, 0.717) is 21.3 Å². The van der Waals surface area contributed by atoms with Crippen molar-refractivity contribution < 1.29 is 22.7 Å². The van der Waals surface area contributed by atoms with Gasteiger partial charge in [0.25, 0.3) is 5.91 Å². The molecule has 7 nitrogen and oxygen atoms in total. The van der Waals surface area contributed by atoms with Crippen molar-refractivity contribution in [1.82, 2.24) is 0 Å². The number of ether oxygens (including phenoxy) is 1. The minimum atomic E-state index is -3.95. The minimum Gasteiger partial charge on any atom is -0.444 e. The van der Waals surface area contributed by atoms with Gasteiger partial charge in [-0.1, -0.05) is 53.5 Å². The molecule has 30 heavy (non-hydrogen) atoms. The van der Waals surface area contributed by atoms with Gasteiger partial charge in [-0.25, -0.2) is 18.4 Å². The Morgan fingerprint density at radius 2 is 1.67 bits per heavy atom. The van der Waals surface area contributed by atoms with Gasteiger partial charge in [-0.2, -0.15) is 0 Å². The molecule has 0 aliphatic rings. The van der Waals surface area contributed by atoms with Crippen LogP contribution in [0.4, 0.5) is 5.69 Å². The van der Waals surface area contributed by atoms with Gasteiger partial charge < -0.3 is 10.1 Å². The monoisotopic (exact) mass is 484 g/mol. The van der Waals surface area contributed by atoms with E-state index < -0.39 is 28.0 Å². The van der Waals surface area contributed by atoms with Crippen LogP contribution in [-0.4, -0.2) is 20.3 Å². The number of thiophene rings is 1. The van der Waals surface area contributed by atoms with Crippen LogP contribution in [0, 0.1) is 0 Å². The van der Waals surface area contributed by atoms with E-state index in [-0.39, 0.29) is 9.77 Å². The molecule has 3 aromatic rings. The number of nitrogens with two attached hydrogens (primary N) is 1. The number of benzene rings is 2. The molecule has 0 aliphatic heterocycles. The van der Waals surface area contributed by atoms with Crippen molar-refractivity contribution in [2.45, 2.75) is 10.3 Å². The predicted octanol–water partition coefficient (Wildman–Crippen LogP) is 4.24. The van der Waals surface area contributed by atoms with Gasteiger partial charge in [0.2, 0.25) is 16.1 Å². The summed E-state index contributed by atoms with van der Waals surface area (Å²) in [5.41, 5.74) is 0.698. The average Bonchev–Trinajstić information content (AvgIpc) is 3.16. The third-order valence-corrected chi connectivity index (χ3v) is 6.61. The van der Waals surface area contributed by atoms with E-state index in [4.69, 9.17) is 33.1 Å². The quantitative estimate of drug-likeness (QED) is 0.507. The molecule has 2 aromatic carbocycles. The van der Waals surface area contributed by atoms with E-state index >= 15 is 0 Å². The fourth-order valence-electron chi connectivity index (χ4n) is 2.48. The van der Waals surface area contributed by atoms with Gasteiger partial charge in [-0.3, -0.25) is 4.79 Å². The number of rotatable bonds is 6. The first-order chi connectivity index (χ1) is 14.1. The molecule has 0 saturated heterocycles. The second kappa shape index (κ2) is 9.15. The molecule has 0 spiro atoms. The first kappa shape index (κ1) is 22.3. The maximum absolute atomic E-state index is 12.9. The van der Waals surface area contributed by atoms with Gasteiger partial charge in [0.15, 0.2) is 0 Å². The fourth-order valence-corrected chi connectivity index (χ4v) is 4.58. The Hall–Kier alpha value is -2.43. The summed E-state index contributed by atoms with van der Waals surface area (Å²) in [4.78, 5) is 25.4. The highest BCUT2D eigenvalue weighted by molar-refractivity contribution is 7.91. The van der Waals surface area contributed by atoms with Crippen molar-refractivity contribution in [3.05, 3.63) is 81.1 Å². The van der Waals surface area contributed by atoms with E-state index in [9.17, 15) is 18.0 Å². The van der Waals surface area contributed by atoms with Crippen molar-refractivity contribution in [3.8, 4) is 0 Å². The maximum Gasteiger partial charge on any atom is 0.340 e. The van der Waals surface area contributed by atoms with Crippen LogP contribution in [-0.2, 0) is 19.6 Å². The maximum atomic E-state index is 12.9. The molecular formula is C19H14Cl2N2O5S2. The van der Waals surface area contributed by atoms with Crippen molar-refractivity contribution >= 4 is 62.1 Å². The third kappa shape index (κ3) is 5.59. The normalized spacial score (nSPS) is 12.2. The first-order valence-electron chi connectivity index (χ1n) is 8.28. The summed E-state index contributed by atoms with van der Waals surface area (Å²) >= 11 is 12.7. The fraction of sp³-hybridized carbons (Fsp3) is 0.0526. The zero-order valence-corrected chi connectivity index (χ0v) is 18.2. The number of halogens is 2. The Morgan fingerprint density at radius 1 is 1.03 bits per heavy atom. The zero-order chi connectivity index (χ0) is 21.9. The van der Waals surface area contributed by atoms with Gasteiger partial charge in [0, 0.05) is 26.7 Å². The summed E-state index contributed by atoms with van der Waals surface area (Å²) in [5, 5.41) is 9.61. The van der Waals surface area contributed by atoms with E-state index in [0.717, 1.165) is 17.4 Å². The van der Waals surface area contributed by atoms with E-state index in [1.54, 1.807) is 30.3 Å². The SMILES string of the molecule is NS(=O)(=O)c1cc(C(=O)OC(C(=O)Nc2cc(Cl)cc(Cl)c2)c2ccccc2)cs1. The second-order valence-electron chi connectivity index (χ2n) is 6.04. The van der Waals surface area contributed by atoms with Gasteiger partial charge >= 0.3 is 5.97 Å². The molecule has 156 valence electrons. The summed E-state index contributed by atoms with van der Waals surface area (Å²) < 4.78 is 28.1. The molecule has 0 saturated carbocycles. The number of carbonyl (C=O) groups is 2. The molecule has 3 N–H and O–H groups in total. The Labute approximate surface area is 186 Å². The van der Waals surface area contributed by atoms with Crippen molar-refractivity contribution in [1.29, 1.82) is 0 Å². The zero-order valence-electron chi connectivity index (χ0n) is 15.0. The summed E-state index contributed by atoms with van der Waals surface area (Å²) in [6.45, 7) is 0. The topological polar surface area (TPSA) is 116 Å². The lowest BCUT2D eigenvalue weighted by molar-refractivity contribution is -0.125. The highest BCUT2D eigenvalue weighted by atomic mass is 35.5. The number of anilines is 1. The number of esters is 1. The lowest BCUT2D eigenvalue weighted by atomic mass is 10.1. The highest BCUT2D eigenvalue weighted by Crippen LogP contribution is 2.27. The number of hydrogen-bond acceptors (Lipinski definition) is 6. The van der Waals surface area contributed by atoms with Crippen LogP contribution in [0.3, 0.4) is 0 Å². The van der Waals surface area contributed by atoms with E-state index in [2.05, 4.69) is 5.32 Å². The second-order valence-corrected chi connectivity index (χ2v) is 9.62. The highest BCUT2D eigenvalue weighted by Gasteiger charge is 2.27. The number of sulfonamides is 1. The van der Waals surface area contributed by atoms with Crippen molar-refractivity contribution in [3.63, 3.8) is 0 Å². The Bertz CT molecular complexity index is 1180. The number of carbonyl (C=O) groups excluding carboxylic acids is 2. The Balaban J connectivity index is 1.86. The summed E-state index contributed by atoms with van der Waals surface area (Å²) in [6, 6.07) is 13.9. The largest absolute Gasteiger partial charge is 0.444 e. The van der Waals surface area contributed by atoms with Crippen LogP contribution in [0.2, 0.25) is 10.0 Å². The molecule has 1 unspecified atom stereocenters. The smallest absolute Gasteiger partial charge is 0.340 e. The van der Waals surface area contributed by atoms with Crippen LogP contribution in [0.25, 0.3) is 0 Å². The van der Waals surface area contributed by atoms with Crippen molar-refractivity contribution in [2.75, 3.05) is 5.32 Å². The summed E-state index contributed by atoms with van der Waals surface area (Å²) in [7, 11) is -3.95. The lowest BCUT2D eigenvalue weighted by Crippen LogP contribution is -2.25. The van der Waals surface area contributed by atoms with Gasteiger partial charge in [-0.05, 0) is 24.3 Å². The molecular weight excluding hydrogens is 471 g/mol. The van der Waals surface area contributed by atoms with Crippen LogP contribution in [0.5, 0.6) is 0 Å². The predicted molar refractivity (Wildman–Crippen MR) is 115 cm³/mol. The van der Waals surface area contributed by atoms with Crippen LogP contribution in [0.1, 0.15) is 22.0 Å². The first-order valence-corrected chi connectivity index (χ1v) is 11.5. The molecule has 0 radical (unpaired) electrons. The van der Waals surface area contributed by atoms with E-state index in [1.165, 1.54) is 23.6 Å². The lowest BCUT2D eigenvalue weighted by Gasteiger charge is -2.18. The minimum absolute atomic E-state index is 0.0384. The molecule has 1 aromatic heterocycles. The molecule has 1 atom stereocenters. The van der Waals surface area contributed by atoms with Crippen LogP contribution >= 0.6 is 34.5 Å². The Morgan fingerprint density at radius 3 is 2.23 bits per heavy atom. The van der Waals surface area contributed by atoms with E-state index in [1.807, 2.05) is 0 Å². The molecule has 0 bridgehead atoms. The summed E-state index contributed by atoms with van der Waals surface area (Å²) in [5.74, 6) is -1.52. The van der Waals surface area contributed by atoms with Gasteiger partial charge in [0.05, 0.1) is 5.56 Å². The van der Waals surface area contributed by atoms with Gasteiger partial charge in [-0.15, -0.1) is 11.3 Å². The third-order valence-electron chi connectivity index (χ3n) is 3.79. The number of amides is 1. The summed E-state index contributed by atoms with van der Waals surface area (Å²) in [6.07, 6.45) is -1.31. The molecule has 1 heterocycles. The molecule has 0 aliphatic carbocycles. The molecule has 0 fully saturated rings. The van der Waals surface area contributed by atoms with Crippen LogP contribution in [0.15, 0.2) is 64.2 Å². The Kier molecular flexibility index (Phi) is 6.79. The van der Waals surface area contributed by atoms with Crippen LogP contribution < -0.4 is 10.5 Å². The van der Waals surface area contributed by atoms with Gasteiger partial charge in [0.1, 0.15) is 4.21 Å². The molecule has 3 rings (SSSR count). The number of hydrogen-bond donors (Lipinski definition) is 2.